The molecule has 0 unspecified atom stereocenters. The van der Waals surface area contributed by atoms with Crippen LogP contribution in [-0.4, -0.2) is 35.4 Å². The summed E-state index contributed by atoms with van der Waals surface area (Å²) in [7, 11) is 0. The first-order chi connectivity index (χ1) is 8.32. The summed E-state index contributed by atoms with van der Waals surface area (Å²) in [5, 5.41) is 0. The zero-order valence-corrected chi connectivity index (χ0v) is 13.3. The molecule has 18 heavy (non-hydrogen) atoms. The number of rotatable bonds is 9. The van der Waals surface area contributed by atoms with E-state index in [1.54, 1.807) is 0 Å². The smallest absolute Gasteiger partial charge is 0.163 e. The van der Waals surface area contributed by atoms with Gasteiger partial charge in [-0.3, -0.25) is 4.79 Å². The molecule has 0 bridgehead atoms. The third kappa shape index (κ3) is 3.44. The lowest BCUT2D eigenvalue weighted by Gasteiger charge is -2.51. The zero-order chi connectivity index (χ0) is 14.4. The van der Waals surface area contributed by atoms with Gasteiger partial charge >= 0.3 is 0 Å². The fourth-order valence-electron chi connectivity index (χ4n) is 3.02. The highest BCUT2D eigenvalue weighted by Crippen LogP contribution is 2.32. The molecule has 0 aliphatic carbocycles. The summed E-state index contributed by atoms with van der Waals surface area (Å²) in [5.74, 6) is 0.217. The van der Waals surface area contributed by atoms with Gasteiger partial charge in [-0.25, -0.2) is 0 Å². The first kappa shape index (κ1) is 17.4. The van der Waals surface area contributed by atoms with Crippen LogP contribution in [0.5, 0.6) is 0 Å². The first-order valence-corrected chi connectivity index (χ1v) is 7.37. The Morgan fingerprint density at radius 1 is 1.11 bits per heavy atom. The van der Waals surface area contributed by atoms with Crippen LogP contribution in [0.15, 0.2) is 12.2 Å². The van der Waals surface area contributed by atoms with Gasteiger partial charge in [0.2, 0.25) is 0 Å². The maximum atomic E-state index is 11.8. The molecule has 0 amide bonds. The molecule has 0 rings (SSSR count). The van der Waals surface area contributed by atoms with Crippen molar-refractivity contribution >= 4 is 5.78 Å². The molecule has 106 valence electrons. The van der Waals surface area contributed by atoms with Gasteiger partial charge in [-0.1, -0.05) is 20.4 Å². The summed E-state index contributed by atoms with van der Waals surface area (Å²) < 4.78 is 1.04. The van der Waals surface area contributed by atoms with Crippen LogP contribution in [-0.2, 0) is 4.79 Å². The molecule has 2 heteroatoms. The number of hydrogen-bond acceptors (Lipinski definition) is 1. The maximum Gasteiger partial charge on any atom is 0.163 e. The third-order valence-corrected chi connectivity index (χ3v) is 5.12. The number of nitrogens with zero attached hydrogens (tertiary/aromatic N) is 1. The van der Waals surface area contributed by atoms with Crippen molar-refractivity contribution in [2.75, 3.05) is 19.6 Å². The molecule has 0 spiro atoms. The van der Waals surface area contributed by atoms with Crippen molar-refractivity contribution in [1.29, 1.82) is 0 Å². The van der Waals surface area contributed by atoms with Gasteiger partial charge in [0, 0.05) is 0 Å². The van der Waals surface area contributed by atoms with Crippen LogP contribution in [0.3, 0.4) is 0 Å². The van der Waals surface area contributed by atoms with E-state index in [-0.39, 0.29) is 11.3 Å². The SMILES string of the molecule is C=C(C)C(=O)CC[N+](CC)(CC)C(C)(CC)CC. The average molecular weight is 254 g/mol. The summed E-state index contributed by atoms with van der Waals surface area (Å²) in [4.78, 5) is 11.8. The number of quaternary nitrogens is 1. The lowest BCUT2D eigenvalue weighted by Crippen LogP contribution is -2.63. The van der Waals surface area contributed by atoms with Crippen LogP contribution < -0.4 is 0 Å². The highest BCUT2D eigenvalue weighted by molar-refractivity contribution is 5.94. The Labute approximate surface area is 114 Å². The normalized spacial score (nSPS) is 12.6. The van der Waals surface area contributed by atoms with Crippen molar-refractivity contribution in [2.24, 2.45) is 0 Å². The predicted molar refractivity (Wildman–Crippen MR) is 79.6 cm³/mol. The van der Waals surface area contributed by atoms with E-state index in [1.807, 2.05) is 6.92 Å². The Hall–Kier alpha value is -0.630. The number of allylic oxidation sites excluding steroid dienone is 1. The zero-order valence-electron chi connectivity index (χ0n) is 13.3. The molecule has 0 aromatic heterocycles. The summed E-state index contributed by atoms with van der Waals surface area (Å²) in [5.41, 5.74) is 0.966. The van der Waals surface area contributed by atoms with Crippen molar-refractivity contribution in [3.05, 3.63) is 12.2 Å². The van der Waals surface area contributed by atoms with Gasteiger partial charge in [0.25, 0.3) is 0 Å². The molecule has 0 aromatic rings. The molecule has 0 atom stereocenters. The molecule has 0 radical (unpaired) electrons. The molecule has 0 saturated heterocycles. The van der Waals surface area contributed by atoms with Crippen molar-refractivity contribution in [1.82, 2.24) is 0 Å². The molecule has 0 heterocycles. The number of carbonyl (C=O) groups excluding carboxylic acids is 1. The molecule has 2 nitrogen and oxygen atoms in total. The van der Waals surface area contributed by atoms with Gasteiger partial charge in [0.15, 0.2) is 5.78 Å². The summed E-state index contributed by atoms with van der Waals surface area (Å²) in [6, 6.07) is 0. The topological polar surface area (TPSA) is 17.1 Å². The standard InChI is InChI=1S/C16H32NO/c1-8-16(7,9-2)17(10-3,11-4)13-12-15(18)14(5)6/h5,8-13H2,1-4,6-7H3/q+1. The fraction of sp³-hybridized carbons (Fsp3) is 0.812. The Morgan fingerprint density at radius 2 is 1.56 bits per heavy atom. The molecule has 0 N–H and O–H groups in total. The second-order valence-electron chi connectivity index (χ2n) is 5.66. The van der Waals surface area contributed by atoms with Gasteiger partial charge in [-0.05, 0) is 46.1 Å². The third-order valence-electron chi connectivity index (χ3n) is 5.12. The van der Waals surface area contributed by atoms with Crippen LogP contribution in [0, 0.1) is 0 Å². The minimum absolute atomic E-state index is 0.217. The monoisotopic (exact) mass is 254 g/mol. The van der Waals surface area contributed by atoms with E-state index in [0.29, 0.717) is 12.0 Å². The number of carbonyl (C=O) groups is 1. The Morgan fingerprint density at radius 3 is 1.83 bits per heavy atom. The molecule has 0 fully saturated rings. The number of ketones is 1. The van der Waals surface area contributed by atoms with Gasteiger partial charge < -0.3 is 4.48 Å². The van der Waals surface area contributed by atoms with E-state index in [1.165, 1.54) is 0 Å². The van der Waals surface area contributed by atoms with E-state index >= 15 is 0 Å². The minimum atomic E-state index is 0.217. The Balaban J connectivity index is 5.04. The molecular formula is C16H32NO+. The van der Waals surface area contributed by atoms with E-state index in [2.05, 4.69) is 41.2 Å². The van der Waals surface area contributed by atoms with E-state index in [4.69, 9.17) is 0 Å². The van der Waals surface area contributed by atoms with Crippen molar-refractivity contribution in [2.45, 2.75) is 66.3 Å². The van der Waals surface area contributed by atoms with Crippen molar-refractivity contribution < 1.29 is 9.28 Å². The van der Waals surface area contributed by atoms with Gasteiger partial charge in [0.05, 0.1) is 31.6 Å². The molecule has 0 saturated carbocycles. The van der Waals surface area contributed by atoms with E-state index in [0.717, 1.165) is 37.0 Å². The molecule has 0 aromatic carbocycles. The lowest BCUT2D eigenvalue weighted by atomic mass is 9.88. The highest BCUT2D eigenvalue weighted by atomic mass is 16.1. The fourth-order valence-corrected chi connectivity index (χ4v) is 3.02. The van der Waals surface area contributed by atoms with Crippen LogP contribution in [0.25, 0.3) is 0 Å². The van der Waals surface area contributed by atoms with Gasteiger partial charge in [-0.2, -0.15) is 0 Å². The largest absolute Gasteiger partial charge is 0.319 e. The molecule has 0 aliphatic rings. The lowest BCUT2D eigenvalue weighted by molar-refractivity contribution is -0.971. The number of Topliss-reactive ketones (excluding diaryl/α,β-unsaturated/α-hetero) is 1. The quantitative estimate of drug-likeness (QED) is 0.450. The summed E-state index contributed by atoms with van der Waals surface area (Å²) in [6.07, 6.45) is 2.95. The van der Waals surface area contributed by atoms with Gasteiger partial charge in [0.1, 0.15) is 0 Å². The second kappa shape index (κ2) is 7.08. The predicted octanol–water partition coefficient (Wildman–Crippen LogP) is 3.96. The van der Waals surface area contributed by atoms with E-state index < -0.39 is 0 Å². The summed E-state index contributed by atoms with van der Waals surface area (Å²) in [6.45, 7) is 20.1. The maximum absolute atomic E-state index is 11.8. The second-order valence-corrected chi connectivity index (χ2v) is 5.66. The van der Waals surface area contributed by atoms with Crippen LogP contribution >= 0.6 is 0 Å². The van der Waals surface area contributed by atoms with Crippen molar-refractivity contribution in [3.63, 3.8) is 0 Å². The van der Waals surface area contributed by atoms with E-state index in [9.17, 15) is 4.79 Å². The van der Waals surface area contributed by atoms with Crippen LogP contribution in [0.1, 0.15) is 60.8 Å². The minimum Gasteiger partial charge on any atom is -0.319 e. The summed E-state index contributed by atoms with van der Waals surface area (Å²) >= 11 is 0. The van der Waals surface area contributed by atoms with Crippen molar-refractivity contribution in [3.8, 4) is 0 Å². The Kier molecular flexibility index (Phi) is 6.83. The average Bonchev–Trinajstić information content (AvgIpc) is 2.39. The highest BCUT2D eigenvalue weighted by Gasteiger charge is 2.42. The Bertz CT molecular complexity index is 285. The van der Waals surface area contributed by atoms with Gasteiger partial charge in [-0.15, -0.1) is 0 Å². The number of hydrogen-bond donors (Lipinski definition) is 0. The van der Waals surface area contributed by atoms with Crippen LogP contribution in [0.2, 0.25) is 0 Å². The molecular weight excluding hydrogens is 222 g/mol. The molecule has 0 aliphatic heterocycles. The first-order valence-electron chi connectivity index (χ1n) is 7.37. The van der Waals surface area contributed by atoms with Crippen LogP contribution in [0.4, 0.5) is 0 Å².